The van der Waals surface area contributed by atoms with Crippen LogP contribution in [0.25, 0.3) is 11.0 Å². The van der Waals surface area contributed by atoms with Gasteiger partial charge in [0.25, 0.3) is 0 Å². The highest BCUT2D eigenvalue weighted by Gasteiger charge is 2.06. The third-order valence-electron chi connectivity index (χ3n) is 4.80. The lowest BCUT2D eigenvalue weighted by atomic mass is 10.3. The Morgan fingerprint density at radius 2 is 2.00 bits per heavy atom. The van der Waals surface area contributed by atoms with Crippen molar-refractivity contribution in [3.63, 3.8) is 0 Å². The molecule has 0 bridgehead atoms. The summed E-state index contributed by atoms with van der Waals surface area (Å²) in [6, 6.07) is 12.1. The molecule has 0 atom stereocenters. The second kappa shape index (κ2) is 11.9. The van der Waals surface area contributed by atoms with Crippen LogP contribution in [0.5, 0.6) is 5.88 Å². The first kappa shape index (κ1) is 22.6. The molecule has 0 amide bonds. The number of hydrogen-bond donors (Lipinski definition) is 2. The Bertz CT molecular complexity index is 968. The summed E-state index contributed by atoms with van der Waals surface area (Å²) in [6.45, 7) is 8.24. The van der Waals surface area contributed by atoms with Gasteiger partial charge in [0.05, 0.1) is 24.2 Å². The van der Waals surface area contributed by atoms with Crippen LogP contribution in [0.2, 0.25) is 0 Å². The number of nitrogens with zero attached hydrogens (tertiary/aromatic N) is 4. The van der Waals surface area contributed by atoms with E-state index in [9.17, 15) is 0 Å². The van der Waals surface area contributed by atoms with Crippen LogP contribution in [0.4, 0.5) is 0 Å². The Morgan fingerprint density at radius 1 is 1.13 bits per heavy atom. The van der Waals surface area contributed by atoms with E-state index in [1.54, 1.807) is 13.3 Å². The van der Waals surface area contributed by atoms with E-state index in [-0.39, 0.29) is 0 Å². The minimum Gasteiger partial charge on any atom is -0.475 e. The number of fused-ring (bicyclic) bond motifs is 1. The largest absolute Gasteiger partial charge is 0.475 e. The Balaban J connectivity index is 1.48. The Labute approximate surface area is 183 Å². The van der Waals surface area contributed by atoms with Gasteiger partial charge in [-0.15, -0.1) is 0 Å². The summed E-state index contributed by atoms with van der Waals surface area (Å²) in [5.41, 5.74) is 3.26. The fourth-order valence-corrected chi connectivity index (χ4v) is 3.25. The summed E-state index contributed by atoms with van der Waals surface area (Å²) in [7, 11) is 1.65. The highest BCUT2D eigenvalue weighted by atomic mass is 16.5. The van der Waals surface area contributed by atoms with E-state index in [2.05, 4.69) is 62.2 Å². The maximum absolute atomic E-state index is 5.49. The van der Waals surface area contributed by atoms with Crippen molar-refractivity contribution in [1.29, 1.82) is 0 Å². The first-order chi connectivity index (χ1) is 15.2. The van der Waals surface area contributed by atoms with Gasteiger partial charge in [-0.25, -0.2) is 15.0 Å². The molecule has 1 aromatic carbocycles. The van der Waals surface area contributed by atoms with Crippen LogP contribution in [0.3, 0.4) is 0 Å². The molecule has 3 rings (SSSR count). The fraction of sp³-hybridized carbons (Fsp3) is 0.435. The summed E-state index contributed by atoms with van der Waals surface area (Å²) in [5.74, 6) is 2.44. The summed E-state index contributed by atoms with van der Waals surface area (Å²) < 4.78 is 12.7. The lowest BCUT2D eigenvalue weighted by molar-refractivity contribution is 0.143. The first-order valence-corrected chi connectivity index (χ1v) is 10.7. The number of nitrogens with one attached hydrogen (secondary N) is 2. The SMILES string of the molecule is CCNC(=NCc1ccc(OCCOC)nc1)NCCCn1c(C)nc2ccccc21. The number of hydrogen-bond acceptors (Lipinski definition) is 5. The van der Waals surface area contributed by atoms with Crippen molar-refractivity contribution in [2.75, 3.05) is 33.4 Å². The van der Waals surface area contributed by atoms with E-state index in [1.165, 1.54) is 5.52 Å². The lowest BCUT2D eigenvalue weighted by Crippen LogP contribution is -2.38. The summed E-state index contributed by atoms with van der Waals surface area (Å²) in [6.07, 6.45) is 2.77. The number of aromatic nitrogens is 3. The van der Waals surface area contributed by atoms with Gasteiger partial charge in [-0.2, -0.15) is 0 Å². The van der Waals surface area contributed by atoms with Crippen molar-refractivity contribution in [3.8, 4) is 5.88 Å². The number of rotatable bonds is 11. The van der Waals surface area contributed by atoms with Gasteiger partial charge >= 0.3 is 0 Å². The van der Waals surface area contributed by atoms with Crippen LogP contribution in [-0.4, -0.2) is 53.9 Å². The van der Waals surface area contributed by atoms with Gasteiger partial charge in [0, 0.05) is 39.0 Å². The lowest BCUT2D eigenvalue weighted by Gasteiger charge is -2.12. The summed E-state index contributed by atoms with van der Waals surface area (Å²) >= 11 is 0. The molecule has 0 aliphatic heterocycles. The maximum Gasteiger partial charge on any atom is 0.213 e. The second-order valence-electron chi connectivity index (χ2n) is 7.12. The number of guanidine groups is 1. The van der Waals surface area contributed by atoms with Crippen molar-refractivity contribution in [2.24, 2.45) is 4.99 Å². The van der Waals surface area contributed by atoms with E-state index in [1.807, 2.05) is 18.2 Å². The monoisotopic (exact) mass is 424 g/mol. The molecule has 3 aromatic rings. The molecule has 0 aliphatic rings. The molecule has 0 saturated carbocycles. The van der Waals surface area contributed by atoms with Gasteiger partial charge in [0.1, 0.15) is 12.4 Å². The van der Waals surface area contributed by atoms with Crippen molar-refractivity contribution in [1.82, 2.24) is 25.2 Å². The molecule has 8 heteroatoms. The van der Waals surface area contributed by atoms with E-state index < -0.39 is 0 Å². The van der Waals surface area contributed by atoms with E-state index in [4.69, 9.17) is 9.47 Å². The molecule has 2 aromatic heterocycles. The molecule has 31 heavy (non-hydrogen) atoms. The number of methoxy groups -OCH3 is 1. The van der Waals surface area contributed by atoms with Gasteiger partial charge in [-0.1, -0.05) is 18.2 Å². The van der Waals surface area contributed by atoms with E-state index in [0.717, 1.165) is 48.9 Å². The van der Waals surface area contributed by atoms with Crippen LogP contribution in [0.15, 0.2) is 47.6 Å². The molecular weight excluding hydrogens is 392 g/mol. The van der Waals surface area contributed by atoms with Crippen LogP contribution < -0.4 is 15.4 Å². The number of ether oxygens (including phenoxy) is 2. The predicted molar refractivity (Wildman–Crippen MR) is 124 cm³/mol. The molecule has 8 nitrogen and oxygen atoms in total. The van der Waals surface area contributed by atoms with Crippen molar-refractivity contribution in [3.05, 3.63) is 54.0 Å². The highest BCUT2D eigenvalue weighted by Crippen LogP contribution is 2.15. The van der Waals surface area contributed by atoms with Crippen molar-refractivity contribution in [2.45, 2.75) is 33.4 Å². The van der Waals surface area contributed by atoms with Gasteiger partial charge in [0.2, 0.25) is 5.88 Å². The van der Waals surface area contributed by atoms with Crippen LogP contribution >= 0.6 is 0 Å². The molecule has 0 radical (unpaired) electrons. The predicted octanol–water partition coefficient (Wildman–Crippen LogP) is 2.91. The third-order valence-corrected chi connectivity index (χ3v) is 4.80. The summed E-state index contributed by atoms with van der Waals surface area (Å²) in [4.78, 5) is 13.6. The fourth-order valence-electron chi connectivity index (χ4n) is 3.25. The van der Waals surface area contributed by atoms with Gasteiger partial charge < -0.3 is 24.7 Å². The summed E-state index contributed by atoms with van der Waals surface area (Å²) in [5, 5.41) is 6.71. The Kier molecular flexibility index (Phi) is 8.66. The normalized spacial score (nSPS) is 11.6. The Hall–Kier alpha value is -3.13. The smallest absolute Gasteiger partial charge is 0.213 e. The molecule has 0 fully saturated rings. The van der Waals surface area contributed by atoms with Gasteiger partial charge in [-0.3, -0.25) is 0 Å². The van der Waals surface area contributed by atoms with Crippen LogP contribution in [0, 0.1) is 6.92 Å². The standard InChI is InChI=1S/C23H32N6O2/c1-4-24-23(27-17-19-10-11-22(26-16-19)31-15-14-30-3)25-12-7-13-29-18(2)28-20-8-5-6-9-21(20)29/h5-6,8-11,16H,4,7,12-15,17H2,1-3H3,(H2,24,25,27). The van der Waals surface area contributed by atoms with Crippen LogP contribution in [-0.2, 0) is 17.8 Å². The zero-order valence-electron chi connectivity index (χ0n) is 18.6. The third kappa shape index (κ3) is 6.68. The number of benzene rings is 1. The van der Waals surface area contributed by atoms with Gasteiger partial charge in [0.15, 0.2) is 5.96 Å². The minimum absolute atomic E-state index is 0.490. The number of aliphatic imine (C=N–C) groups is 1. The highest BCUT2D eigenvalue weighted by molar-refractivity contribution is 5.79. The average Bonchev–Trinajstić information content (AvgIpc) is 3.11. The first-order valence-electron chi connectivity index (χ1n) is 10.7. The molecule has 0 aliphatic carbocycles. The maximum atomic E-state index is 5.49. The number of para-hydroxylation sites is 2. The van der Waals surface area contributed by atoms with E-state index in [0.29, 0.717) is 25.6 Å². The molecular formula is C23H32N6O2. The van der Waals surface area contributed by atoms with Crippen molar-refractivity contribution >= 4 is 17.0 Å². The molecule has 0 spiro atoms. The van der Waals surface area contributed by atoms with Crippen LogP contribution in [0.1, 0.15) is 24.7 Å². The average molecular weight is 425 g/mol. The number of pyridine rings is 1. The topological polar surface area (TPSA) is 85.6 Å². The molecule has 166 valence electrons. The number of imidazole rings is 1. The molecule has 2 heterocycles. The zero-order valence-corrected chi connectivity index (χ0v) is 18.6. The minimum atomic E-state index is 0.490. The quantitative estimate of drug-likeness (QED) is 0.280. The van der Waals surface area contributed by atoms with Crippen molar-refractivity contribution < 1.29 is 9.47 Å². The van der Waals surface area contributed by atoms with E-state index >= 15 is 0 Å². The number of aryl methyl sites for hydroxylation is 2. The van der Waals surface area contributed by atoms with Gasteiger partial charge in [-0.05, 0) is 38.0 Å². The zero-order chi connectivity index (χ0) is 21.9. The molecule has 0 unspecified atom stereocenters. The Morgan fingerprint density at radius 3 is 2.77 bits per heavy atom. The molecule has 0 saturated heterocycles. The molecule has 2 N–H and O–H groups in total. The second-order valence-corrected chi connectivity index (χ2v) is 7.12.